The van der Waals surface area contributed by atoms with Crippen molar-refractivity contribution in [2.45, 2.75) is 51.1 Å². The number of amides is 1. The number of methoxy groups -OCH3 is 1. The number of benzene rings is 1. The van der Waals surface area contributed by atoms with Crippen molar-refractivity contribution in [3.8, 4) is 5.75 Å². The highest BCUT2D eigenvalue weighted by Crippen LogP contribution is 2.33. The third-order valence-corrected chi connectivity index (χ3v) is 5.56. The van der Waals surface area contributed by atoms with Crippen LogP contribution in [0.25, 0.3) is 0 Å². The Bertz CT molecular complexity index is 663. The minimum atomic E-state index is -0.427. The summed E-state index contributed by atoms with van der Waals surface area (Å²) in [5, 5.41) is 0. The first kappa shape index (κ1) is 19.7. The summed E-state index contributed by atoms with van der Waals surface area (Å²) in [5.41, 5.74) is 1.18. The van der Waals surface area contributed by atoms with E-state index in [-0.39, 0.29) is 17.9 Å². The fourth-order valence-corrected chi connectivity index (χ4v) is 4.22. The van der Waals surface area contributed by atoms with Gasteiger partial charge in [0.15, 0.2) is 0 Å². The van der Waals surface area contributed by atoms with Crippen LogP contribution in [0.4, 0.5) is 0 Å². The average Bonchev–Trinajstić information content (AvgIpc) is 3.16. The minimum absolute atomic E-state index is 0.0301. The topological polar surface area (TPSA) is 59.1 Å². The third kappa shape index (κ3) is 4.61. The van der Waals surface area contributed by atoms with Crippen molar-refractivity contribution < 1.29 is 19.1 Å². The van der Waals surface area contributed by atoms with Crippen LogP contribution in [0.1, 0.15) is 50.6 Å². The Kier molecular flexibility index (Phi) is 6.72. The SMILES string of the molecule is CCOC(=O)[C@@H]1CCCCN1C(=O)CN1CCC[C@H]1c1cccc(OC)c1. The van der Waals surface area contributed by atoms with Crippen molar-refractivity contribution in [1.82, 2.24) is 9.80 Å². The van der Waals surface area contributed by atoms with Gasteiger partial charge in [-0.15, -0.1) is 0 Å². The second-order valence-electron chi connectivity index (χ2n) is 7.26. The summed E-state index contributed by atoms with van der Waals surface area (Å²) in [6.07, 6.45) is 4.70. The van der Waals surface area contributed by atoms with Crippen LogP contribution in [0.2, 0.25) is 0 Å². The lowest BCUT2D eigenvalue weighted by molar-refractivity contribution is -0.157. The van der Waals surface area contributed by atoms with E-state index in [1.165, 1.54) is 5.56 Å². The molecule has 6 heteroatoms. The molecule has 2 aliphatic heterocycles. The quantitative estimate of drug-likeness (QED) is 0.717. The Morgan fingerprint density at radius 2 is 2.00 bits per heavy atom. The zero-order valence-electron chi connectivity index (χ0n) is 16.4. The Labute approximate surface area is 161 Å². The second-order valence-corrected chi connectivity index (χ2v) is 7.26. The van der Waals surface area contributed by atoms with Crippen molar-refractivity contribution >= 4 is 11.9 Å². The molecule has 0 spiro atoms. The predicted octanol–water partition coefficient (Wildman–Crippen LogP) is 2.78. The van der Waals surface area contributed by atoms with Crippen LogP contribution >= 0.6 is 0 Å². The largest absolute Gasteiger partial charge is 0.497 e. The standard InChI is InChI=1S/C21H30N2O4/c1-3-27-21(25)19-10-4-5-13-23(19)20(24)15-22-12-7-11-18(22)16-8-6-9-17(14-16)26-2/h6,8-9,14,18-19H,3-5,7,10-13,15H2,1-2H3/t18-,19-/m0/s1. The first-order valence-corrected chi connectivity index (χ1v) is 9.98. The molecule has 1 amide bonds. The maximum absolute atomic E-state index is 13.0. The Morgan fingerprint density at radius 3 is 2.78 bits per heavy atom. The monoisotopic (exact) mass is 374 g/mol. The molecule has 0 radical (unpaired) electrons. The molecule has 0 aromatic heterocycles. The molecule has 0 saturated carbocycles. The minimum Gasteiger partial charge on any atom is -0.497 e. The number of hydrogen-bond donors (Lipinski definition) is 0. The number of rotatable bonds is 6. The molecule has 2 aliphatic rings. The molecule has 6 nitrogen and oxygen atoms in total. The van der Waals surface area contributed by atoms with Crippen molar-refractivity contribution in [2.24, 2.45) is 0 Å². The van der Waals surface area contributed by atoms with E-state index in [9.17, 15) is 9.59 Å². The van der Waals surface area contributed by atoms with Gasteiger partial charge in [-0.1, -0.05) is 12.1 Å². The van der Waals surface area contributed by atoms with Crippen LogP contribution in [0.15, 0.2) is 24.3 Å². The molecule has 2 saturated heterocycles. The molecule has 148 valence electrons. The van der Waals surface area contributed by atoms with Gasteiger partial charge < -0.3 is 14.4 Å². The molecule has 0 aliphatic carbocycles. The summed E-state index contributed by atoms with van der Waals surface area (Å²) in [6.45, 7) is 4.03. The molecule has 3 rings (SSSR count). The lowest BCUT2D eigenvalue weighted by Crippen LogP contribution is -2.51. The number of carbonyl (C=O) groups excluding carboxylic acids is 2. The lowest BCUT2D eigenvalue weighted by Gasteiger charge is -2.36. The molecular weight excluding hydrogens is 344 g/mol. The number of hydrogen-bond acceptors (Lipinski definition) is 5. The Balaban J connectivity index is 1.68. The van der Waals surface area contributed by atoms with Gasteiger partial charge in [0.1, 0.15) is 11.8 Å². The molecule has 0 N–H and O–H groups in total. The molecule has 27 heavy (non-hydrogen) atoms. The fourth-order valence-electron chi connectivity index (χ4n) is 4.22. The fraction of sp³-hybridized carbons (Fsp3) is 0.619. The van der Waals surface area contributed by atoms with Gasteiger partial charge in [0.25, 0.3) is 0 Å². The van der Waals surface area contributed by atoms with Crippen molar-refractivity contribution in [2.75, 3.05) is 33.4 Å². The summed E-state index contributed by atoms with van der Waals surface area (Å²) >= 11 is 0. The number of piperidine rings is 1. The van der Waals surface area contributed by atoms with Gasteiger partial charge in [-0.3, -0.25) is 9.69 Å². The lowest BCUT2D eigenvalue weighted by atomic mass is 10.0. The number of ether oxygens (including phenoxy) is 2. The number of likely N-dealkylation sites (tertiary alicyclic amines) is 2. The number of esters is 1. The smallest absolute Gasteiger partial charge is 0.328 e. The molecule has 0 unspecified atom stereocenters. The molecule has 1 aromatic carbocycles. The summed E-state index contributed by atoms with van der Waals surface area (Å²) < 4.78 is 10.5. The Hall–Kier alpha value is -2.08. The van der Waals surface area contributed by atoms with Crippen molar-refractivity contribution in [1.29, 1.82) is 0 Å². The van der Waals surface area contributed by atoms with Gasteiger partial charge in [0, 0.05) is 12.6 Å². The van der Waals surface area contributed by atoms with E-state index in [1.807, 2.05) is 12.1 Å². The summed E-state index contributed by atoms with van der Waals surface area (Å²) in [5.74, 6) is 0.600. The van der Waals surface area contributed by atoms with Crippen LogP contribution in [-0.4, -0.2) is 61.1 Å². The van der Waals surface area contributed by atoms with Crippen LogP contribution in [0, 0.1) is 0 Å². The Morgan fingerprint density at radius 1 is 1.15 bits per heavy atom. The zero-order valence-corrected chi connectivity index (χ0v) is 16.4. The second kappa shape index (κ2) is 9.22. The average molecular weight is 374 g/mol. The molecule has 2 atom stereocenters. The van der Waals surface area contributed by atoms with E-state index >= 15 is 0 Å². The van der Waals surface area contributed by atoms with Gasteiger partial charge in [0.05, 0.1) is 20.3 Å². The van der Waals surface area contributed by atoms with Gasteiger partial charge in [-0.2, -0.15) is 0 Å². The van der Waals surface area contributed by atoms with Crippen molar-refractivity contribution in [3.05, 3.63) is 29.8 Å². The zero-order chi connectivity index (χ0) is 19.2. The van der Waals surface area contributed by atoms with E-state index in [1.54, 1.807) is 18.9 Å². The molecule has 2 fully saturated rings. The van der Waals surface area contributed by atoms with Gasteiger partial charge >= 0.3 is 5.97 Å². The summed E-state index contributed by atoms with van der Waals surface area (Å²) in [4.78, 5) is 29.3. The maximum Gasteiger partial charge on any atom is 0.328 e. The van der Waals surface area contributed by atoms with Gasteiger partial charge in [0.2, 0.25) is 5.91 Å². The summed E-state index contributed by atoms with van der Waals surface area (Å²) in [7, 11) is 1.67. The van der Waals surface area contributed by atoms with E-state index in [2.05, 4.69) is 17.0 Å². The van der Waals surface area contributed by atoms with Crippen LogP contribution in [0.3, 0.4) is 0 Å². The van der Waals surface area contributed by atoms with Gasteiger partial charge in [-0.05, 0) is 63.3 Å². The highest BCUT2D eigenvalue weighted by Gasteiger charge is 2.35. The summed E-state index contributed by atoms with van der Waals surface area (Å²) in [6, 6.07) is 7.87. The third-order valence-electron chi connectivity index (χ3n) is 5.56. The van der Waals surface area contributed by atoms with E-state index in [4.69, 9.17) is 9.47 Å². The van der Waals surface area contributed by atoms with Crippen molar-refractivity contribution in [3.63, 3.8) is 0 Å². The maximum atomic E-state index is 13.0. The first-order valence-electron chi connectivity index (χ1n) is 9.98. The highest BCUT2D eigenvalue weighted by atomic mass is 16.5. The molecular formula is C21H30N2O4. The number of carbonyl (C=O) groups is 2. The van der Waals surface area contributed by atoms with Crippen LogP contribution in [-0.2, 0) is 14.3 Å². The first-order chi connectivity index (χ1) is 13.1. The molecule has 2 heterocycles. The van der Waals surface area contributed by atoms with Crippen LogP contribution in [0.5, 0.6) is 5.75 Å². The van der Waals surface area contributed by atoms with E-state index < -0.39 is 6.04 Å². The van der Waals surface area contributed by atoms with Gasteiger partial charge in [-0.25, -0.2) is 4.79 Å². The van der Waals surface area contributed by atoms with E-state index in [0.29, 0.717) is 26.1 Å². The highest BCUT2D eigenvalue weighted by molar-refractivity contribution is 5.86. The molecule has 1 aromatic rings. The number of nitrogens with zero attached hydrogens (tertiary/aromatic N) is 2. The van der Waals surface area contributed by atoms with Crippen LogP contribution < -0.4 is 4.74 Å². The molecule has 0 bridgehead atoms. The van der Waals surface area contributed by atoms with E-state index in [0.717, 1.165) is 38.0 Å². The normalized spacial score (nSPS) is 23.3. The predicted molar refractivity (Wildman–Crippen MR) is 103 cm³/mol.